The van der Waals surface area contributed by atoms with Gasteiger partial charge in [0.05, 0.1) is 18.8 Å². The molecule has 0 atom stereocenters. The predicted molar refractivity (Wildman–Crippen MR) is 87.1 cm³/mol. The summed E-state index contributed by atoms with van der Waals surface area (Å²) in [6, 6.07) is 11.4. The number of benzene rings is 1. The molecule has 122 valence electrons. The second kappa shape index (κ2) is 7.32. The maximum atomic E-state index is 12.8. The fourth-order valence-electron chi connectivity index (χ4n) is 2.21. The normalized spacial score (nSPS) is 13.9. The van der Waals surface area contributed by atoms with Crippen LogP contribution >= 0.6 is 11.8 Å². The number of ether oxygens (including phenoxy) is 1. The summed E-state index contributed by atoms with van der Waals surface area (Å²) >= 11 is 1.37. The summed E-state index contributed by atoms with van der Waals surface area (Å²) in [4.78, 5) is 18.7. The third-order valence-electron chi connectivity index (χ3n) is 3.55. The number of pyridine rings is 1. The summed E-state index contributed by atoms with van der Waals surface area (Å²) in [6.07, 6.45) is 1.42. The third kappa shape index (κ3) is 3.84. The SMILES string of the molecule is N#Cc1cccnc1OC1CN(C(=O)CSc2ccc(F)cc2)C1. The molecule has 1 aliphatic rings. The molecule has 24 heavy (non-hydrogen) atoms. The number of halogens is 1. The molecule has 1 aliphatic heterocycles. The van der Waals surface area contributed by atoms with Gasteiger partial charge in [-0.2, -0.15) is 5.26 Å². The highest BCUT2D eigenvalue weighted by Gasteiger charge is 2.32. The lowest BCUT2D eigenvalue weighted by atomic mass is 10.1. The van der Waals surface area contributed by atoms with Gasteiger partial charge in [0.25, 0.3) is 0 Å². The zero-order chi connectivity index (χ0) is 16.9. The van der Waals surface area contributed by atoms with Crippen LogP contribution in [0.1, 0.15) is 5.56 Å². The van der Waals surface area contributed by atoms with Crippen molar-refractivity contribution in [3.8, 4) is 11.9 Å². The molecule has 3 rings (SSSR count). The zero-order valence-corrected chi connectivity index (χ0v) is 13.5. The van der Waals surface area contributed by atoms with Gasteiger partial charge >= 0.3 is 0 Å². The molecule has 0 aliphatic carbocycles. The lowest BCUT2D eigenvalue weighted by Crippen LogP contribution is -2.56. The fourth-order valence-corrected chi connectivity index (χ4v) is 3.01. The van der Waals surface area contributed by atoms with Gasteiger partial charge in [-0.25, -0.2) is 9.37 Å². The number of hydrogen-bond donors (Lipinski definition) is 0. The van der Waals surface area contributed by atoms with Crippen molar-refractivity contribution in [3.05, 3.63) is 54.0 Å². The summed E-state index contributed by atoms with van der Waals surface area (Å²) in [5.41, 5.74) is 0.383. The van der Waals surface area contributed by atoms with E-state index in [-0.39, 0.29) is 17.8 Å². The molecule has 7 heteroatoms. The van der Waals surface area contributed by atoms with Crippen molar-refractivity contribution < 1.29 is 13.9 Å². The molecule has 1 amide bonds. The van der Waals surface area contributed by atoms with E-state index in [1.54, 1.807) is 35.4 Å². The summed E-state index contributed by atoms with van der Waals surface area (Å²) in [5.74, 6) is 0.314. The molecule has 5 nitrogen and oxygen atoms in total. The van der Waals surface area contributed by atoms with E-state index in [1.165, 1.54) is 23.9 Å². The van der Waals surface area contributed by atoms with Crippen molar-refractivity contribution >= 4 is 17.7 Å². The standard InChI is InChI=1S/C17H14FN3O2S/c18-13-3-5-15(6-4-13)24-11-16(22)21-9-14(10-21)23-17-12(8-19)2-1-7-20-17/h1-7,14H,9-11H2. The van der Waals surface area contributed by atoms with Crippen LogP contribution in [0.2, 0.25) is 0 Å². The number of carbonyl (C=O) groups excluding carboxylic acids is 1. The van der Waals surface area contributed by atoms with Crippen molar-refractivity contribution in [3.63, 3.8) is 0 Å². The topological polar surface area (TPSA) is 66.2 Å². The van der Waals surface area contributed by atoms with Gasteiger partial charge in [-0.15, -0.1) is 11.8 Å². The molecule has 2 aromatic rings. The first-order valence-corrected chi connectivity index (χ1v) is 8.32. The number of hydrogen-bond acceptors (Lipinski definition) is 5. The number of thioether (sulfide) groups is 1. The molecule has 0 spiro atoms. The van der Waals surface area contributed by atoms with Crippen molar-refractivity contribution in [2.24, 2.45) is 0 Å². The Bertz CT molecular complexity index is 770. The molecule has 2 heterocycles. The number of rotatable bonds is 5. The highest BCUT2D eigenvalue weighted by molar-refractivity contribution is 8.00. The van der Waals surface area contributed by atoms with E-state index in [4.69, 9.17) is 10.00 Å². The smallest absolute Gasteiger partial charge is 0.233 e. The van der Waals surface area contributed by atoms with E-state index in [9.17, 15) is 9.18 Å². The minimum Gasteiger partial charge on any atom is -0.470 e. The molecule has 1 aromatic carbocycles. The molecule has 0 unspecified atom stereocenters. The van der Waals surface area contributed by atoms with Crippen LogP contribution in [0.3, 0.4) is 0 Å². The van der Waals surface area contributed by atoms with Crippen molar-refractivity contribution in [2.75, 3.05) is 18.8 Å². The number of likely N-dealkylation sites (tertiary alicyclic amines) is 1. The molecule has 0 radical (unpaired) electrons. The second-order valence-corrected chi connectivity index (χ2v) is 6.30. The van der Waals surface area contributed by atoms with E-state index in [0.717, 1.165) is 4.90 Å². The minimum absolute atomic E-state index is 0.00528. The van der Waals surface area contributed by atoms with E-state index in [1.807, 2.05) is 6.07 Å². The Morgan fingerprint density at radius 1 is 1.38 bits per heavy atom. The van der Waals surface area contributed by atoms with Crippen molar-refractivity contribution in [1.82, 2.24) is 9.88 Å². The molecule has 0 bridgehead atoms. The summed E-state index contributed by atoms with van der Waals surface area (Å²) in [6.45, 7) is 0.953. The Hall–Kier alpha value is -2.59. The van der Waals surface area contributed by atoms with E-state index in [2.05, 4.69) is 4.98 Å². The van der Waals surface area contributed by atoms with Gasteiger partial charge in [-0.1, -0.05) is 0 Å². The predicted octanol–water partition coefficient (Wildman–Crippen LogP) is 2.47. The molecule has 1 aromatic heterocycles. The highest BCUT2D eigenvalue weighted by atomic mass is 32.2. The fraction of sp³-hybridized carbons (Fsp3) is 0.235. The third-order valence-corrected chi connectivity index (χ3v) is 4.54. The Kier molecular flexibility index (Phi) is 4.96. The van der Waals surface area contributed by atoms with Gasteiger partial charge < -0.3 is 9.64 Å². The van der Waals surface area contributed by atoms with Crippen LogP contribution in [0, 0.1) is 17.1 Å². The Morgan fingerprint density at radius 3 is 2.83 bits per heavy atom. The maximum absolute atomic E-state index is 12.8. The Morgan fingerprint density at radius 2 is 2.12 bits per heavy atom. The van der Waals surface area contributed by atoms with Crippen molar-refractivity contribution in [2.45, 2.75) is 11.0 Å². The summed E-state index contributed by atoms with van der Waals surface area (Å²) in [5, 5.41) is 9.00. The van der Waals surface area contributed by atoms with E-state index >= 15 is 0 Å². The van der Waals surface area contributed by atoms with E-state index < -0.39 is 0 Å². The highest BCUT2D eigenvalue weighted by Crippen LogP contribution is 2.22. The van der Waals surface area contributed by atoms with Gasteiger partial charge in [0, 0.05) is 11.1 Å². The number of carbonyl (C=O) groups is 1. The van der Waals surface area contributed by atoms with Crippen LogP contribution in [0.25, 0.3) is 0 Å². The zero-order valence-electron chi connectivity index (χ0n) is 12.7. The number of aromatic nitrogens is 1. The van der Waals surface area contributed by atoms with Gasteiger partial charge in [-0.3, -0.25) is 4.79 Å². The number of amides is 1. The first-order valence-electron chi connectivity index (χ1n) is 7.33. The first kappa shape index (κ1) is 16.3. The van der Waals surface area contributed by atoms with Gasteiger partial charge in [-0.05, 0) is 36.4 Å². The molecule has 0 saturated carbocycles. The average Bonchev–Trinajstić information content (AvgIpc) is 2.57. The van der Waals surface area contributed by atoms with Crippen LogP contribution in [0.5, 0.6) is 5.88 Å². The molecule has 0 N–H and O–H groups in total. The largest absolute Gasteiger partial charge is 0.470 e. The number of nitriles is 1. The molecular weight excluding hydrogens is 329 g/mol. The number of nitrogens with zero attached hydrogens (tertiary/aromatic N) is 3. The quantitative estimate of drug-likeness (QED) is 0.780. The van der Waals surface area contributed by atoms with Crippen LogP contribution < -0.4 is 4.74 Å². The van der Waals surface area contributed by atoms with E-state index in [0.29, 0.717) is 30.3 Å². The minimum atomic E-state index is -0.292. The van der Waals surface area contributed by atoms with Crippen LogP contribution in [-0.4, -0.2) is 40.7 Å². The molecule has 1 saturated heterocycles. The van der Waals surface area contributed by atoms with Crippen LogP contribution in [0.15, 0.2) is 47.5 Å². The molecular formula is C17H14FN3O2S. The Labute approximate surface area is 143 Å². The lowest BCUT2D eigenvalue weighted by Gasteiger charge is -2.38. The van der Waals surface area contributed by atoms with Crippen LogP contribution in [-0.2, 0) is 4.79 Å². The summed E-state index contributed by atoms with van der Waals surface area (Å²) in [7, 11) is 0. The molecule has 1 fully saturated rings. The maximum Gasteiger partial charge on any atom is 0.233 e. The second-order valence-electron chi connectivity index (χ2n) is 5.25. The van der Waals surface area contributed by atoms with Crippen LogP contribution in [0.4, 0.5) is 4.39 Å². The van der Waals surface area contributed by atoms with Crippen molar-refractivity contribution in [1.29, 1.82) is 5.26 Å². The van der Waals surface area contributed by atoms with Gasteiger partial charge in [0.1, 0.15) is 23.6 Å². The average molecular weight is 343 g/mol. The van der Waals surface area contributed by atoms with Gasteiger partial charge in [0.2, 0.25) is 11.8 Å². The summed E-state index contributed by atoms with van der Waals surface area (Å²) < 4.78 is 18.5. The Balaban J connectivity index is 1.45. The van der Waals surface area contributed by atoms with Gasteiger partial charge in [0.15, 0.2) is 0 Å². The monoisotopic (exact) mass is 343 g/mol. The lowest BCUT2D eigenvalue weighted by molar-refractivity contribution is -0.137. The first-order chi connectivity index (χ1) is 11.7.